The van der Waals surface area contributed by atoms with Crippen LogP contribution in [-0.4, -0.2) is 32.8 Å². The molecule has 1 rings (SSSR count). The van der Waals surface area contributed by atoms with Gasteiger partial charge in [-0.15, -0.1) is 11.6 Å². The number of aromatic nitrogens is 2. The van der Waals surface area contributed by atoms with Crippen molar-refractivity contribution in [2.75, 3.05) is 6.61 Å². The van der Waals surface area contributed by atoms with Gasteiger partial charge in [0.05, 0.1) is 23.1 Å². The van der Waals surface area contributed by atoms with Gasteiger partial charge in [0.15, 0.2) is 0 Å². The van der Waals surface area contributed by atoms with Crippen LogP contribution in [0.1, 0.15) is 24.4 Å². The van der Waals surface area contributed by atoms with Crippen molar-refractivity contribution in [1.29, 1.82) is 0 Å². The summed E-state index contributed by atoms with van der Waals surface area (Å²) in [6.45, 7) is 0.979. The van der Waals surface area contributed by atoms with Crippen molar-refractivity contribution in [2.45, 2.75) is 18.7 Å². The highest BCUT2D eigenvalue weighted by Gasteiger charge is 2.35. The number of hydrogen-bond donors (Lipinski definition) is 2. The highest BCUT2D eigenvalue weighted by atomic mass is 35.5. The van der Waals surface area contributed by atoms with E-state index in [2.05, 4.69) is 9.97 Å². The molecule has 6 heteroatoms. The van der Waals surface area contributed by atoms with Crippen LogP contribution in [0.25, 0.3) is 0 Å². The minimum atomic E-state index is -1.26. The third-order valence-corrected chi connectivity index (χ3v) is 2.78. The van der Waals surface area contributed by atoms with Gasteiger partial charge in [-0.25, -0.2) is 0 Å². The standard InChI is InChI=1S/C10H13ClN2O3/c1-10(6-14,9(15)16)4-7(11)8-5-12-2-3-13-8/h2-3,5,7,14H,4,6H2,1H3,(H,15,16). The summed E-state index contributed by atoms with van der Waals surface area (Å²) in [4.78, 5) is 18.8. The van der Waals surface area contributed by atoms with Gasteiger partial charge in [0.1, 0.15) is 0 Å². The fraction of sp³-hybridized carbons (Fsp3) is 0.500. The molecule has 1 heterocycles. The van der Waals surface area contributed by atoms with Gasteiger partial charge in [0.2, 0.25) is 0 Å². The van der Waals surface area contributed by atoms with Gasteiger partial charge in [-0.1, -0.05) is 0 Å². The maximum Gasteiger partial charge on any atom is 0.311 e. The monoisotopic (exact) mass is 244 g/mol. The van der Waals surface area contributed by atoms with Crippen molar-refractivity contribution in [3.8, 4) is 0 Å². The van der Waals surface area contributed by atoms with E-state index >= 15 is 0 Å². The molecule has 1 aromatic rings. The zero-order valence-corrected chi connectivity index (χ0v) is 9.55. The Bertz CT molecular complexity index is 360. The first-order chi connectivity index (χ1) is 7.49. The maximum absolute atomic E-state index is 11.0. The van der Waals surface area contributed by atoms with Crippen LogP contribution in [0.15, 0.2) is 18.6 Å². The summed E-state index contributed by atoms with van der Waals surface area (Å²) in [5, 5.41) is 17.5. The van der Waals surface area contributed by atoms with Crippen LogP contribution < -0.4 is 0 Å². The molecule has 0 aliphatic rings. The minimum absolute atomic E-state index is 0.0963. The number of halogens is 1. The van der Waals surface area contributed by atoms with Crippen LogP contribution in [0.3, 0.4) is 0 Å². The Morgan fingerprint density at radius 2 is 2.31 bits per heavy atom. The Hall–Kier alpha value is -1.20. The number of aliphatic hydroxyl groups excluding tert-OH is 1. The van der Waals surface area contributed by atoms with Gasteiger partial charge in [-0.05, 0) is 13.3 Å². The van der Waals surface area contributed by atoms with E-state index in [1.165, 1.54) is 25.5 Å². The van der Waals surface area contributed by atoms with Gasteiger partial charge in [0, 0.05) is 18.6 Å². The van der Waals surface area contributed by atoms with E-state index in [-0.39, 0.29) is 6.42 Å². The topological polar surface area (TPSA) is 83.3 Å². The molecule has 2 unspecified atom stereocenters. The van der Waals surface area contributed by atoms with Gasteiger partial charge < -0.3 is 10.2 Å². The molecule has 1 aromatic heterocycles. The summed E-state index contributed by atoms with van der Waals surface area (Å²) in [5.41, 5.74) is -0.755. The van der Waals surface area contributed by atoms with E-state index in [1.54, 1.807) is 0 Å². The van der Waals surface area contributed by atoms with Crippen LogP contribution in [0.2, 0.25) is 0 Å². The third-order valence-electron chi connectivity index (χ3n) is 2.40. The van der Waals surface area contributed by atoms with Gasteiger partial charge in [0.25, 0.3) is 0 Å². The molecular formula is C10H13ClN2O3. The lowest BCUT2D eigenvalue weighted by atomic mass is 9.86. The second kappa shape index (κ2) is 5.23. The number of rotatable bonds is 5. The molecule has 16 heavy (non-hydrogen) atoms. The quantitative estimate of drug-likeness (QED) is 0.761. The number of carboxylic acid groups (broad SMARTS) is 1. The van der Waals surface area contributed by atoms with E-state index in [0.717, 1.165) is 0 Å². The van der Waals surface area contributed by atoms with Crippen molar-refractivity contribution in [1.82, 2.24) is 9.97 Å². The van der Waals surface area contributed by atoms with Gasteiger partial charge in [-0.2, -0.15) is 0 Å². The van der Waals surface area contributed by atoms with Crippen LogP contribution in [0, 0.1) is 5.41 Å². The van der Waals surface area contributed by atoms with Crippen molar-refractivity contribution >= 4 is 17.6 Å². The minimum Gasteiger partial charge on any atom is -0.481 e. The van der Waals surface area contributed by atoms with E-state index in [9.17, 15) is 4.79 Å². The maximum atomic E-state index is 11.0. The predicted molar refractivity (Wildman–Crippen MR) is 58.1 cm³/mol. The fourth-order valence-electron chi connectivity index (χ4n) is 1.19. The summed E-state index contributed by atoms with van der Waals surface area (Å²) in [5.74, 6) is -1.08. The Balaban J connectivity index is 2.78. The molecule has 0 saturated heterocycles. The highest BCUT2D eigenvalue weighted by Crippen LogP contribution is 2.33. The summed E-state index contributed by atoms with van der Waals surface area (Å²) in [7, 11) is 0. The average Bonchev–Trinajstić information content (AvgIpc) is 2.29. The molecule has 0 aromatic carbocycles. The first kappa shape index (κ1) is 12.9. The zero-order chi connectivity index (χ0) is 12.2. The lowest BCUT2D eigenvalue weighted by Crippen LogP contribution is -2.32. The second-order valence-electron chi connectivity index (χ2n) is 3.83. The molecule has 0 saturated carbocycles. The fourth-order valence-corrected chi connectivity index (χ4v) is 1.65. The first-order valence-electron chi connectivity index (χ1n) is 4.74. The molecule has 0 amide bonds. The molecule has 5 nitrogen and oxygen atoms in total. The molecule has 0 fully saturated rings. The normalized spacial score (nSPS) is 16.4. The summed E-state index contributed by atoms with van der Waals surface area (Å²) in [6.07, 6.45) is 4.58. The Labute approximate surface area is 98.1 Å². The zero-order valence-electron chi connectivity index (χ0n) is 8.80. The number of carboxylic acids is 1. The molecular weight excluding hydrogens is 232 g/mol. The van der Waals surface area contributed by atoms with Crippen LogP contribution >= 0.6 is 11.6 Å². The average molecular weight is 245 g/mol. The number of aliphatic hydroxyl groups is 1. The molecule has 0 aliphatic heterocycles. The molecule has 0 radical (unpaired) electrons. The van der Waals surface area contributed by atoms with Crippen molar-refractivity contribution in [3.63, 3.8) is 0 Å². The molecule has 0 spiro atoms. The van der Waals surface area contributed by atoms with Crippen molar-refractivity contribution in [2.24, 2.45) is 5.41 Å². The first-order valence-corrected chi connectivity index (χ1v) is 5.17. The van der Waals surface area contributed by atoms with E-state index in [4.69, 9.17) is 21.8 Å². The number of hydrogen-bond acceptors (Lipinski definition) is 4. The SMILES string of the molecule is CC(CO)(CC(Cl)c1cnccn1)C(=O)O. The summed E-state index contributed by atoms with van der Waals surface area (Å²) < 4.78 is 0. The largest absolute Gasteiger partial charge is 0.481 e. The second-order valence-corrected chi connectivity index (χ2v) is 4.35. The van der Waals surface area contributed by atoms with E-state index in [1.807, 2.05) is 0 Å². The van der Waals surface area contributed by atoms with E-state index in [0.29, 0.717) is 5.69 Å². The lowest BCUT2D eigenvalue weighted by Gasteiger charge is -2.24. The van der Waals surface area contributed by atoms with E-state index < -0.39 is 23.4 Å². The number of carbonyl (C=O) groups is 1. The predicted octanol–water partition coefficient (Wildman–Crippen LogP) is 1.23. The molecule has 2 N–H and O–H groups in total. The molecule has 0 aliphatic carbocycles. The summed E-state index contributed by atoms with van der Waals surface area (Å²) >= 11 is 6.04. The lowest BCUT2D eigenvalue weighted by molar-refractivity contribution is -0.150. The van der Waals surface area contributed by atoms with Crippen LogP contribution in [0.5, 0.6) is 0 Å². The van der Waals surface area contributed by atoms with Crippen molar-refractivity contribution in [3.05, 3.63) is 24.3 Å². The molecule has 0 bridgehead atoms. The highest BCUT2D eigenvalue weighted by molar-refractivity contribution is 6.20. The molecule has 88 valence electrons. The van der Waals surface area contributed by atoms with Gasteiger partial charge >= 0.3 is 5.97 Å². The Kier molecular flexibility index (Phi) is 4.20. The number of alkyl halides is 1. The van der Waals surface area contributed by atoms with Crippen molar-refractivity contribution < 1.29 is 15.0 Å². The molecule has 2 atom stereocenters. The number of nitrogens with zero attached hydrogens (tertiary/aromatic N) is 2. The Morgan fingerprint density at radius 1 is 1.62 bits per heavy atom. The number of aliphatic carboxylic acids is 1. The van der Waals surface area contributed by atoms with Crippen LogP contribution in [-0.2, 0) is 4.79 Å². The Morgan fingerprint density at radius 3 is 2.75 bits per heavy atom. The third kappa shape index (κ3) is 2.90. The van der Waals surface area contributed by atoms with Crippen LogP contribution in [0.4, 0.5) is 0 Å². The summed E-state index contributed by atoms with van der Waals surface area (Å²) in [6, 6.07) is 0. The smallest absolute Gasteiger partial charge is 0.311 e. The van der Waals surface area contributed by atoms with Gasteiger partial charge in [-0.3, -0.25) is 14.8 Å².